The standard InChI is InChI=1S/2C24H30F2O2S.C23H28F2O2S.C22H26F2O2S.C21H24F2O2S/c1-3-5-7-8-10-16-28-20-14-12-18-17-11-13-19(27-15-9-6-4-2)21(25)23(17)29-24(18)22(20)26;1-3-5-7-9-15-27-19-13-11-17-18-12-14-20(28-16-10-8-6-4-2)22(26)24(18)29-23(17)21(19)25;1-3-5-7-8-9-15-27-19-13-11-17-16-10-12-18(26-14-6-4-2)20(24)22(16)28-23(17)21(19)25;1-3-5-6-7-8-14-26-18-12-10-16-15-9-11-17(25-13-4-2)19(23)21(15)27-22(16)20(18)24;1-3-5-6-7-8-13-25-17-12-10-15-14-9-11-16(24-4-2)18(22)20(14)26-21(15)19(17)23/h2*11-14H,3-10,15-16H2,1-2H3;10-13H,3-9,14-15H2,1-2H3;9-12H,3-8,13-14H2,1-2H3;9-12H,3-8,13H2,1-2H3. The molecule has 139 heavy (non-hydrogen) atoms. The molecule has 0 amide bonds. The van der Waals surface area contributed by atoms with Crippen molar-refractivity contribution < 1.29 is 91.3 Å². The van der Waals surface area contributed by atoms with Crippen molar-refractivity contribution in [2.45, 2.75) is 288 Å². The number of hydrogen-bond acceptors (Lipinski definition) is 15. The van der Waals surface area contributed by atoms with Crippen LogP contribution in [0.15, 0.2) is 121 Å². The van der Waals surface area contributed by atoms with Gasteiger partial charge in [-0.05, 0) is 186 Å². The molecule has 10 aromatic carbocycles. The molecule has 0 bridgehead atoms. The Labute approximate surface area is 833 Å². The Bertz CT molecular complexity index is 6270. The third-order valence-corrected chi connectivity index (χ3v) is 30.2. The molecule has 0 saturated carbocycles. The van der Waals surface area contributed by atoms with Gasteiger partial charge in [0.15, 0.2) is 116 Å². The number of halogens is 10. The third kappa shape index (κ3) is 29.4. The minimum atomic E-state index is -0.427. The van der Waals surface area contributed by atoms with E-state index in [0.717, 1.165) is 198 Å². The maximum Gasteiger partial charge on any atom is 0.182 e. The first-order valence-corrected chi connectivity index (χ1v) is 54.9. The van der Waals surface area contributed by atoms with Crippen molar-refractivity contribution in [3.63, 3.8) is 0 Å². The minimum absolute atomic E-state index is 0.204. The molecular formula is C114H138F10O10S5. The SMILES string of the molecule is CCCCCCCOc1ccc2c(sc3c(F)c(OCC)ccc32)c1F.CCCCCCCOc1ccc2c(sc3c(F)c(OCCC)ccc32)c1F.CCCCCCCOc1ccc2c(sc3c(F)c(OCCCC)ccc32)c1F.CCCCCCCOc1ccc2c(sc3c(F)c(OCCCCC)ccc32)c1F.CCCCCCOc1ccc2c(sc3c(F)c(OCCCCCC)ccc32)c1F. The molecule has 0 aliphatic carbocycles. The van der Waals surface area contributed by atoms with E-state index in [1.165, 1.54) is 77.0 Å². The summed E-state index contributed by atoms with van der Waals surface area (Å²) in [6, 6.07) is 34.5. The van der Waals surface area contributed by atoms with Gasteiger partial charge in [-0.3, -0.25) is 0 Å². The molecule has 15 rings (SSSR count). The lowest BCUT2D eigenvalue weighted by molar-refractivity contribution is 0.291. The number of hydrogen-bond donors (Lipinski definition) is 0. The molecule has 754 valence electrons. The summed E-state index contributed by atoms with van der Waals surface area (Å²) in [5.74, 6) is -1.72. The Kier molecular flexibility index (Phi) is 46.1. The van der Waals surface area contributed by atoms with Crippen LogP contribution in [0.2, 0.25) is 0 Å². The van der Waals surface area contributed by atoms with E-state index >= 15 is 0 Å². The van der Waals surface area contributed by atoms with Gasteiger partial charge in [-0.25, -0.2) is 43.9 Å². The topological polar surface area (TPSA) is 92.3 Å². The predicted octanol–water partition coefficient (Wildman–Crippen LogP) is 38.9. The number of benzene rings is 10. The largest absolute Gasteiger partial charge is 0.491 e. The van der Waals surface area contributed by atoms with Gasteiger partial charge in [-0.2, -0.15) is 0 Å². The lowest BCUT2D eigenvalue weighted by Crippen LogP contribution is -1.99. The molecular weight excluding hydrogens is 1880 g/mol. The van der Waals surface area contributed by atoms with Crippen LogP contribution in [0.25, 0.3) is 101 Å². The molecule has 0 N–H and O–H groups in total. The van der Waals surface area contributed by atoms with Crippen LogP contribution in [0.3, 0.4) is 0 Å². The second kappa shape index (κ2) is 58.2. The van der Waals surface area contributed by atoms with Crippen LogP contribution in [-0.4, -0.2) is 66.1 Å². The lowest BCUT2D eigenvalue weighted by Gasteiger charge is -2.08. The smallest absolute Gasteiger partial charge is 0.182 e. The molecule has 5 heterocycles. The first kappa shape index (κ1) is 110. The first-order valence-electron chi connectivity index (χ1n) is 50.8. The highest BCUT2D eigenvalue weighted by Gasteiger charge is 2.26. The molecule has 25 heteroatoms. The predicted molar refractivity (Wildman–Crippen MR) is 565 cm³/mol. The zero-order valence-electron chi connectivity index (χ0n) is 82.6. The summed E-state index contributed by atoms with van der Waals surface area (Å²) in [5, 5.41) is 7.13. The highest BCUT2D eigenvalue weighted by Crippen LogP contribution is 2.49. The van der Waals surface area contributed by atoms with Gasteiger partial charge in [-0.1, -0.05) is 223 Å². The number of unbranched alkanes of at least 4 members (excludes halogenated alkanes) is 25. The van der Waals surface area contributed by atoms with Gasteiger partial charge >= 0.3 is 0 Å². The van der Waals surface area contributed by atoms with Gasteiger partial charge in [-0.15, -0.1) is 56.7 Å². The van der Waals surface area contributed by atoms with Crippen molar-refractivity contribution in [1.29, 1.82) is 0 Å². The van der Waals surface area contributed by atoms with E-state index in [1.54, 1.807) is 79.7 Å². The molecule has 10 nitrogen and oxygen atoms in total. The number of rotatable bonds is 54. The van der Waals surface area contributed by atoms with Crippen LogP contribution in [-0.2, 0) is 0 Å². The van der Waals surface area contributed by atoms with Crippen LogP contribution < -0.4 is 47.4 Å². The maximum atomic E-state index is 15.0. The van der Waals surface area contributed by atoms with Crippen molar-refractivity contribution in [2.75, 3.05) is 66.1 Å². The lowest BCUT2D eigenvalue weighted by atomic mass is 10.1. The summed E-state index contributed by atoms with van der Waals surface area (Å²) in [6.45, 7) is 25.8. The third-order valence-electron chi connectivity index (χ3n) is 24.1. The Morgan fingerprint density at radius 1 is 0.144 bits per heavy atom. The quantitative estimate of drug-likeness (QED) is 0.0271. The second-order valence-corrected chi connectivity index (χ2v) is 40.1. The molecule has 0 aliphatic heterocycles. The van der Waals surface area contributed by atoms with Crippen molar-refractivity contribution >= 4 is 158 Å². The minimum Gasteiger partial charge on any atom is -0.491 e. The Morgan fingerprint density at radius 3 is 0.432 bits per heavy atom. The summed E-state index contributed by atoms with van der Waals surface area (Å²) in [4.78, 5) is 0. The number of fused-ring (bicyclic) bond motifs is 15. The van der Waals surface area contributed by atoms with Gasteiger partial charge in [0.2, 0.25) is 0 Å². The van der Waals surface area contributed by atoms with Gasteiger partial charge in [0, 0.05) is 53.9 Å². The van der Waals surface area contributed by atoms with E-state index in [9.17, 15) is 43.9 Å². The number of ether oxygens (including phenoxy) is 10. The van der Waals surface area contributed by atoms with Gasteiger partial charge in [0.25, 0.3) is 0 Å². The first-order chi connectivity index (χ1) is 67.8. The zero-order valence-corrected chi connectivity index (χ0v) is 86.6. The van der Waals surface area contributed by atoms with Crippen LogP contribution in [0.5, 0.6) is 57.5 Å². The fourth-order valence-electron chi connectivity index (χ4n) is 16.3. The Morgan fingerprint density at radius 2 is 0.273 bits per heavy atom. The highest BCUT2D eigenvalue weighted by molar-refractivity contribution is 7.27. The van der Waals surface area contributed by atoms with E-state index in [0.29, 0.717) is 167 Å². The van der Waals surface area contributed by atoms with E-state index < -0.39 is 58.2 Å². The monoisotopic (exact) mass is 2020 g/mol. The van der Waals surface area contributed by atoms with Crippen molar-refractivity contribution in [2.24, 2.45) is 0 Å². The Balaban J connectivity index is 0.000000166. The zero-order chi connectivity index (χ0) is 99.0. The van der Waals surface area contributed by atoms with Crippen LogP contribution in [0.1, 0.15) is 288 Å². The molecule has 0 atom stereocenters. The summed E-state index contributed by atoms with van der Waals surface area (Å²) in [7, 11) is 0. The van der Waals surface area contributed by atoms with Crippen LogP contribution in [0, 0.1) is 58.2 Å². The molecule has 0 spiro atoms. The molecule has 0 radical (unpaired) electrons. The summed E-state index contributed by atoms with van der Waals surface area (Å²) in [5.41, 5.74) is 0. The summed E-state index contributed by atoms with van der Waals surface area (Å²) >= 11 is 5.60. The Hall–Kier alpha value is -9.40. The number of thiophene rings is 5. The van der Waals surface area contributed by atoms with Gasteiger partial charge in [0.1, 0.15) is 0 Å². The van der Waals surface area contributed by atoms with E-state index in [4.69, 9.17) is 47.4 Å². The van der Waals surface area contributed by atoms with E-state index in [2.05, 4.69) is 55.4 Å². The molecule has 5 aromatic heterocycles. The molecule has 15 aromatic rings. The van der Waals surface area contributed by atoms with Crippen LogP contribution in [0.4, 0.5) is 43.9 Å². The fourth-order valence-corrected chi connectivity index (χ4v) is 22.1. The van der Waals surface area contributed by atoms with Gasteiger partial charge < -0.3 is 47.4 Å². The maximum absolute atomic E-state index is 15.0. The second-order valence-electron chi connectivity index (χ2n) is 35.0. The average molecular weight is 2020 g/mol. The average Bonchev–Trinajstić information content (AvgIpc) is 1.63. The molecule has 0 aliphatic rings. The highest BCUT2D eigenvalue weighted by atomic mass is 32.1. The van der Waals surface area contributed by atoms with Crippen molar-refractivity contribution in [3.8, 4) is 57.5 Å². The van der Waals surface area contributed by atoms with E-state index in [1.807, 2.05) is 55.5 Å². The van der Waals surface area contributed by atoms with Crippen molar-refractivity contribution in [3.05, 3.63) is 179 Å². The van der Waals surface area contributed by atoms with Crippen molar-refractivity contribution in [1.82, 2.24) is 0 Å². The molecule has 0 unspecified atom stereocenters. The molecule has 0 saturated heterocycles. The fraction of sp³-hybridized carbons (Fsp3) is 0.474. The van der Waals surface area contributed by atoms with Crippen LogP contribution >= 0.6 is 56.7 Å². The van der Waals surface area contributed by atoms with E-state index in [-0.39, 0.29) is 57.5 Å². The molecule has 0 fully saturated rings. The normalized spacial score (nSPS) is 11.4. The van der Waals surface area contributed by atoms with Gasteiger partial charge in [0.05, 0.1) is 113 Å². The summed E-state index contributed by atoms with van der Waals surface area (Å²) in [6.07, 6.45) is 36.7. The summed E-state index contributed by atoms with van der Waals surface area (Å²) < 4.78 is 209.